The molecule has 0 saturated carbocycles. The average Bonchev–Trinajstić information content (AvgIpc) is 2.75. The third-order valence-corrected chi connectivity index (χ3v) is 6.81. The van der Waals surface area contributed by atoms with Crippen LogP contribution < -0.4 is 0 Å². The van der Waals surface area contributed by atoms with Crippen LogP contribution in [0.25, 0.3) is 0 Å². The lowest BCUT2D eigenvalue weighted by atomic mass is 9.88. The lowest BCUT2D eigenvalue weighted by Crippen LogP contribution is -2.62. The highest BCUT2D eigenvalue weighted by atomic mass is 32.1. The predicted octanol–water partition coefficient (Wildman–Crippen LogP) is 6.56. The van der Waals surface area contributed by atoms with E-state index in [4.69, 9.17) is 0 Å². The second-order valence-electron chi connectivity index (χ2n) is 9.14. The number of hydrogen-bond acceptors (Lipinski definition) is 3. The van der Waals surface area contributed by atoms with Crippen molar-refractivity contribution >= 4 is 12.6 Å². The maximum absolute atomic E-state index is 4.32. The summed E-state index contributed by atoms with van der Waals surface area (Å²) >= 11 is 4.32. The SMILES string of the molecule is CC1CCCCCN1N(C(C)CCCCCCCS)C(C)(C)C(C)C. The van der Waals surface area contributed by atoms with E-state index in [1.165, 1.54) is 70.8 Å². The fraction of sp³-hybridized carbons (Fsp3) is 1.00. The highest BCUT2D eigenvalue weighted by Gasteiger charge is 2.39. The van der Waals surface area contributed by atoms with Gasteiger partial charge in [0.25, 0.3) is 0 Å². The molecule has 0 aromatic heterocycles. The molecule has 1 aliphatic rings. The molecular formula is C22H46N2S. The van der Waals surface area contributed by atoms with Crippen LogP contribution >= 0.6 is 12.6 Å². The lowest BCUT2D eigenvalue weighted by molar-refractivity contribution is -0.160. The van der Waals surface area contributed by atoms with Gasteiger partial charge in [-0.3, -0.25) is 0 Å². The van der Waals surface area contributed by atoms with Crippen LogP contribution in [0, 0.1) is 5.92 Å². The number of rotatable bonds is 11. The Hall–Kier alpha value is 0.270. The van der Waals surface area contributed by atoms with Crippen LogP contribution in [0.1, 0.15) is 106 Å². The Morgan fingerprint density at radius 1 is 1.00 bits per heavy atom. The van der Waals surface area contributed by atoms with Gasteiger partial charge >= 0.3 is 0 Å². The van der Waals surface area contributed by atoms with Crippen LogP contribution in [0.4, 0.5) is 0 Å². The summed E-state index contributed by atoms with van der Waals surface area (Å²) in [5, 5.41) is 5.54. The molecule has 1 heterocycles. The van der Waals surface area contributed by atoms with Gasteiger partial charge in [0.15, 0.2) is 0 Å². The van der Waals surface area contributed by atoms with Crippen LogP contribution in [-0.2, 0) is 0 Å². The van der Waals surface area contributed by atoms with E-state index in [-0.39, 0.29) is 5.54 Å². The summed E-state index contributed by atoms with van der Waals surface area (Å²) in [4.78, 5) is 0. The second kappa shape index (κ2) is 11.9. The van der Waals surface area contributed by atoms with Gasteiger partial charge < -0.3 is 0 Å². The monoisotopic (exact) mass is 370 g/mol. The molecule has 2 unspecified atom stereocenters. The maximum atomic E-state index is 4.32. The molecule has 0 N–H and O–H groups in total. The molecule has 1 fully saturated rings. The van der Waals surface area contributed by atoms with Crippen molar-refractivity contribution < 1.29 is 0 Å². The summed E-state index contributed by atoms with van der Waals surface area (Å²) in [5.74, 6) is 1.69. The molecular weight excluding hydrogens is 324 g/mol. The van der Waals surface area contributed by atoms with Crippen molar-refractivity contribution in [3.63, 3.8) is 0 Å². The molecule has 2 atom stereocenters. The van der Waals surface area contributed by atoms with E-state index in [0.29, 0.717) is 18.0 Å². The summed E-state index contributed by atoms with van der Waals surface area (Å²) in [7, 11) is 0. The molecule has 3 heteroatoms. The van der Waals surface area contributed by atoms with Crippen LogP contribution in [0.2, 0.25) is 0 Å². The molecule has 0 bridgehead atoms. The van der Waals surface area contributed by atoms with Gasteiger partial charge in [-0.1, -0.05) is 52.4 Å². The zero-order valence-electron chi connectivity index (χ0n) is 18.1. The largest absolute Gasteiger partial charge is 0.238 e. The minimum atomic E-state index is 0.212. The summed E-state index contributed by atoms with van der Waals surface area (Å²) < 4.78 is 0. The fourth-order valence-electron chi connectivity index (χ4n) is 4.20. The summed E-state index contributed by atoms with van der Waals surface area (Å²) in [6, 6.07) is 1.31. The Labute approximate surface area is 164 Å². The zero-order chi connectivity index (χ0) is 18.9. The van der Waals surface area contributed by atoms with Gasteiger partial charge in [0.1, 0.15) is 0 Å². The van der Waals surface area contributed by atoms with Crippen molar-refractivity contribution in [2.75, 3.05) is 12.3 Å². The topological polar surface area (TPSA) is 6.48 Å². The lowest BCUT2D eigenvalue weighted by Gasteiger charge is -2.52. The normalized spacial score (nSPS) is 21.7. The predicted molar refractivity (Wildman–Crippen MR) is 116 cm³/mol. The molecule has 0 spiro atoms. The molecule has 0 aliphatic carbocycles. The Morgan fingerprint density at radius 2 is 1.64 bits per heavy atom. The number of nitrogens with zero attached hydrogens (tertiary/aromatic N) is 2. The zero-order valence-corrected chi connectivity index (χ0v) is 19.0. The average molecular weight is 371 g/mol. The molecule has 1 aliphatic heterocycles. The third kappa shape index (κ3) is 7.42. The Morgan fingerprint density at radius 3 is 2.28 bits per heavy atom. The first-order chi connectivity index (χ1) is 11.8. The van der Waals surface area contributed by atoms with E-state index in [2.05, 4.69) is 64.2 Å². The van der Waals surface area contributed by atoms with Gasteiger partial charge in [-0.25, -0.2) is 10.0 Å². The Kier molecular flexibility index (Phi) is 11.1. The van der Waals surface area contributed by atoms with E-state index in [1.54, 1.807) is 0 Å². The minimum Gasteiger partial charge on any atom is -0.238 e. The van der Waals surface area contributed by atoms with E-state index < -0.39 is 0 Å². The van der Waals surface area contributed by atoms with Crippen LogP contribution in [-0.4, -0.2) is 39.9 Å². The standard InChI is InChI=1S/C22H46N2S/c1-19(2)22(5,6)24(23-17-13-10-12-15-20(23)3)21(4)16-11-8-7-9-14-18-25/h19-21,25H,7-18H2,1-6H3. The molecule has 25 heavy (non-hydrogen) atoms. The Bertz CT molecular complexity index is 343. The molecule has 0 amide bonds. The highest BCUT2D eigenvalue weighted by Crippen LogP contribution is 2.33. The first-order valence-electron chi connectivity index (χ1n) is 11.0. The minimum absolute atomic E-state index is 0.212. The number of unbranched alkanes of at least 4 members (excludes halogenated alkanes) is 4. The van der Waals surface area contributed by atoms with Crippen molar-refractivity contribution in [1.29, 1.82) is 0 Å². The van der Waals surface area contributed by atoms with E-state index in [0.717, 1.165) is 5.75 Å². The fourth-order valence-corrected chi connectivity index (χ4v) is 4.42. The van der Waals surface area contributed by atoms with E-state index >= 15 is 0 Å². The maximum Gasteiger partial charge on any atom is 0.0326 e. The first-order valence-corrected chi connectivity index (χ1v) is 11.6. The van der Waals surface area contributed by atoms with E-state index in [1.807, 2.05) is 0 Å². The van der Waals surface area contributed by atoms with Crippen molar-refractivity contribution in [3.8, 4) is 0 Å². The third-order valence-electron chi connectivity index (χ3n) is 6.50. The van der Waals surface area contributed by atoms with Gasteiger partial charge in [0.2, 0.25) is 0 Å². The highest BCUT2D eigenvalue weighted by molar-refractivity contribution is 7.80. The van der Waals surface area contributed by atoms with Gasteiger partial charge in [0.05, 0.1) is 0 Å². The van der Waals surface area contributed by atoms with Gasteiger partial charge in [-0.15, -0.1) is 0 Å². The summed E-state index contributed by atoms with van der Waals surface area (Å²) in [6.07, 6.45) is 13.6. The molecule has 0 radical (unpaired) electrons. The molecule has 0 aromatic carbocycles. The summed E-state index contributed by atoms with van der Waals surface area (Å²) in [5.41, 5.74) is 0.212. The quantitative estimate of drug-likeness (QED) is 0.325. The number of hydrazine groups is 1. The second-order valence-corrected chi connectivity index (χ2v) is 9.59. The van der Waals surface area contributed by atoms with Crippen LogP contribution in [0.5, 0.6) is 0 Å². The van der Waals surface area contributed by atoms with Crippen molar-refractivity contribution in [2.45, 2.75) is 123 Å². The molecule has 150 valence electrons. The van der Waals surface area contributed by atoms with Gasteiger partial charge in [-0.2, -0.15) is 12.6 Å². The smallest absolute Gasteiger partial charge is 0.0326 e. The summed E-state index contributed by atoms with van der Waals surface area (Å²) in [6.45, 7) is 15.8. The number of thiol groups is 1. The molecule has 1 saturated heterocycles. The Balaban J connectivity index is 2.73. The van der Waals surface area contributed by atoms with Crippen LogP contribution in [0.15, 0.2) is 0 Å². The number of hydrogen-bond donors (Lipinski definition) is 1. The van der Waals surface area contributed by atoms with Crippen LogP contribution in [0.3, 0.4) is 0 Å². The molecule has 1 rings (SSSR count). The van der Waals surface area contributed by atoms with Gasteiger partial charge in [0, 0.05) is 24.2 Å². The van der Waals surface area contributed by atoms with Crippen molar-refractivity contribution in [2.24, 2.45) is 5.92 Å². The molecule has 2 nitrogen and oxygen atoms in total. The van der Waals surface area contributed by atoms with Crippen molar-refractivity contribution in [1.82, 2.24) is 10.0 Å². The van der Waals surface area contributed by atoms with Crippen molar-refractivity contribution in [3.05, 3.63) is 0 Å². The van der Waals surface area contributed by atoms with E-state index in [9.17, 15) is 0 Å². The van der Waals surface area contributed by atoms with Gasteiger partial charge in [-0.05, 0) is 65.0 Å². The molecule has 0 aromatic rings. The first kappa shape index (κ1) is 23.3.